The van der Waals surface area contributed by atoms with Crippen LogP contribution < -0.4 is 0 Å². The van der Waals surface area contributed by atoms with Crippen LogP contribution in [0.25, 0.3) is 0 Å². The Hall–Kier alpha value is -0.910. The van der Waals surface area contributed by atoms with Crippen LogP contribution in [0.4, 0.5) is 13.2 Å². The molecule has 0 saturated carbocycles. The van der Waals surface area contributed by atoms with Gasteiger partial charge in [0.15, 0.2) is 0 Å². The SMILES string of the molecule is O=C(Cc1nccs1)CC(F)(F)F. The van der Waals surface area contributed by atoms with Gasteiger partial charge in [-0.25, -0.2) is 4.98 Å². The Labute approximate surface area is 76.4 Å². The average Bonchev–Trinajstić information content (AvgIpc) is 2.34. The minimum absolute atomic E-state index is 0.225. The second kappa shape index (κ2) is 3.87. The van der Waals surface area contributed by atoms with Crippen molar-refractivity contribution >= 4 is 17.1 Å². The molecule has 72 valence electrons. The Morgan fingerprint density at radius 3 is 2.69 bits per heavy atom. The topological polar surface area (TPSA) is 30.0 Å². The molecular weight excluding hydrogens is 203 g/mol. The van der Waals surface area contributed by atoms with Gasteiger partial charge in [-0.05, 0) is 0 Å². The summed E-state index contributed by atoms with van der Waals surface area (Å²) in [6.07, 6.45) is -4.54. The molecule has 0 aliphatic carbocycles. The maximum absolute atomic E-state index is 11.7. The van der Waals surface area contributed by atoms with Gasteiger partial charge in [0.25, 0.3) is 0 Å². The molecular formula is C7H6F3NOS. The molecule has 0 aliphatic heterocycles. The normalized spacial score (nSPS) is 11.6. The van der Waals surface area contributed by atoms with E-state index in [0.717, 1.165) is 0 Å². The van der Waals surface area contributed by atoms with Crippen molar-refractivity contribution < 1.29 is 18.0 Å². The van der Waals surface area contributed by atoms with Crippen LogP contribution in [0.5, 0.6) is 0 Å². The first kappa shape index (κ1) is 10.2. The lowest BCUT2D eigenvalue weighted by Crippen LogP contribution is -2.16. The van der Waals surface area contributed by atoms with E-state index in [4.69, 9.17) is 0 Å². The summed E-state index contributed by atoms with van der Waals surface area (Å²) in [5.41, 5.74) is 0. The van der Waals surface area contributed by atoms with Crippen molar-refractivity contribution in [1.82, 2.24) is 4.98 Å². The largest absolute Gasteiger partial charge is 0.395 e. The smallest absolute Gasteiger partial charge is 0.299 e. The Morgan fingerprint density at radius 2 is 2.23 bits per heavy atom. The molecule has 1 aromatic rings. The van der Waals surface area contributed by atoms with Gasteiger partial charge < -0.3 is 0 Å². The molecule has 0 aliphatic rings. The number of aromatic nitrogens is 1. The first-order chi connectivity index (χ1) is 5.97. The van der Waals surface area contributed by atoms with Gasteiger partial charge in [-0.15, -0.1) is 11.3 Å². The summed E-state index contributed by atoms with van der Waals surface area (Å²) >= 11 is 1.18. The predicted molar refractivity (Wildman–Crippen MR) is 41.5 cm³/mol. The molecule has 0 radical (unpaired) electrons. The van der Waals surface area contributed by atoms with E-state index in [1.165, 1.54) is 17.5 Å². The number of carbonyl (C=O) groups excluding carboxylic acids is 1. The Balaban J connectivity index is 2.43. The Bertz CT molecular complexity index is 280. The molecule has 0 amide bonds. The van der Waals surface area contributed by atoms with Crippen molar-refractivity contribution in [2.45, 2.75) is 19.0 Å². The zero-order valence-electron chi connectivity index (χ0n) is 6.47. The number of ketones is 1. The number of halogens is 3. The fraction of sp³-hybridized carbons (Fsp3) is 0.429. The number of thiazole rings is 1. The average molecular weight is 209 g/mol. The van der Waals surface area contributed by atoms with Crippen LogP contribution in [-0.2, 0) is 11.2 Å². The number of nitrogens with zero attached hydrogens (tertiary/aromatic N) is 1. The summed E-state index contributed by atoms with van der Waals surface area (Å²) in [5, 5.41) is 2.05. The zero-order valence-corrected chi connectivity index (χ0v) is 7.28. The lowest BCUT2D eigenvalue weighted by molar-refractivity contribution is -0.151. The molecule has 1 heterocycles. The molecule has 0 bridgehead atoms. The summed E-state index contributed by atoms with van der Waals surface area (Å²) in [7, 11) is 0. The van der Waals surface area contributed by atoms with Crippen molar-refractivity contribution in [3.05, 3.63) is 16.6 Å². The van der Waals surface area contributed by atoms with Crippen LogP contribution in [0.15, 0.2) is 11.6 Å². The minimum atomic E-state index is -4.41. The third kappa shape index (κ3) is 4.02. The van der Waals surface area contributed by atoms with Crippen molar-refractivity contribution in [2.24, 2.45) is 0 Å². The molecule has 1 aromatic heterocycles. The van der Waals surface area contributed by atoms with Crippen LogP contribution in [0.3, 0.4) is 0 Å². The Kier molecular flexibility index (Phi) is 3.02. The standard InChI is InChI=1S/C7H6F3NOS/c8-7(9,10)4-5(12)3-6-11-1-2-13-6/h1-2H,3-4H2. The van der Waals surface area contributed by atoms with Crippen LogP contribution in [-0.4, -0.2) is 16.9 Å². The van der Waals surface area contributed by atoms with E-state index < -0.39 is 18.4 Å². The first-order valence-corrected chi connectivity index (χ1v) is 4.32. The van der Waals surface area contributed by atoms with Gasteiger partial charge in [-0.1, -0.05) is 0 Å². The lowest BCUT2D eigenvalue weighted by atomic mass is 10.2. The van der Waals surface area contributed by atoms with Crippen LogP contribution in [0.1, 0.15) is 11.4 Å². The maximum atomic E-state index is 11.7. The third-order valence-corrected chi connectivity index (χ3v) is 2.01. The van der Waals surface area contributed by atoms with E-state index in [9.17, 15) is 18.0 Å². The van der Waals surface area contributed by atoms with E-state index in [2.05, 4.69) is 4.98 Å². The summed E-state index contributed by atoms with van der Waals surface area (Å²) in [5.74, 6) is -0.845. The number of hydrogen-bond donors (Lipinski definition) is 0. The van der Waals surface area contributed by atoms with Gasteiger partial charge in [-0.2, -0.15) is 13.2 Å². The van der Waals surface area contributed by atoms with Crippen molar-refractivity contribution in [3.8, 4) is 0 Å². The van der Waals surface area contributed by atoms with E-state index in [0.29, 0.717) is 5.01 Å². The highest BCUT2D eigenvalue weighted by molar-refractivity contribution is 7.09. The molecule has 2 nitrogen and oxygen atoms in total. The van der Waals surface area contributed by atoms with Gasteiger partial charge in [-0.3, -0.25) is 4.79 Å². The molecule has 0 spiro atoms. The minimum Gasteiger partial charge on any atom is -0.299 e. The monoisotopic (exact) mass is 209 g/mol. The van der Waals surface area contributed by atoms with Crippen LogP contribution in [0, 0.1) is 0 Å². The maximum Gasteiger partial charge on any atom is 0.395 e. The van der Waals surface area contributed by atoms with Gasteiger partial charge in [0.2, 0.25) is 0 Å². The summed E-state index contributed by atoms with van der Waals surface area (Å²) in [4.78, 5) is 14.5. The summed E-state index contributed by atoms with van der Waals surface area (Å²) in [6, 6.07) is 0. The highest BCUT2D eigenvalue weighted by atomic mass is 32.1. The fourth-order valence-electron chi connectivity index (χ4n) is 0.795. The highest BCUT2D eigenvalue weighted by Gasteiger charge is 2.31. The molecule has 0 unspecified atom stereocenters. The Morgan fingerprint density at radius 1 is 1.54 bits per heavy atom. The van der Waals surface area contributed by atoms with Crippen LogP contribution in [0.2, 0.25) is 0 Å². The van der Waals surface area contributed by atoms with Crippen molar-refractivity contribution in [1.29, 1.82) is 0 Å². The first-order valence-electron chi connectivity index (χ1n) is 3.44. The lowest BCUT2D eigenvalue weighted by Gasteiger charge is -2.03. The molecule has 0 atom stereocenters. The highest BCUT2D eigenvalue weighted by Crippen LogP contribution is 2.20. The molecule has 6 heteroatoms. The third-order valence-electron chi connectivity index (χ3n) is 1.23. The van der Waals surface area contributed by atoms with Crippen molar-refractivity contribution in [3.63, 3.8) is 0 Å². The fourth-order valence-corrected chi connectivity index (χ4v) is 1.44. The molecule has 0 aromatic carbocycles. The van der Waals surface area contributed by atoms with Gasteiger partial charge >= 0.3 is 6.18 Å². The molecule has 0 N–H and O–H groups in total. The van der Waals surface area contributed by atoms with E-state index in [1.54, 1.807) is 5.38 Å². The van der Waals surface area contributed by atoms with Crippen molar-refractivity contribution in [2.75, 3.05) is 0 Å². The van der Waals surface area contributed by atoms with Gasteiger partial charge in [0, 0.05) is 11.6 Å². The van der Waals surface area contributed by atoms with Gasteiger partial charge in [0.05, 0.1) is 11.4 Å². The molecule has 0 saturated heterocycles. The number of carbonyl (C=O) groups is 1. The number of hydrogen-bond acceptors (Lipinski definition) is 3. The number of rotatable bonds is 3. The molecule has 1 rings (SSSR count). The summed E-state index contributed by atoms with van der Waals surface area (Å²) < 4.78 is 35.1. The van der Waals surface area contributed by atoms with Gasteiger partial charge in [0.1, 0.15) is 12.2 Å². The van der Waals surface area contributed by atoms with E-state index >= 15 is 0 Å². The molecule has 0 fully saturated rings. The zero-order chi connectivity index (χ0) is 9.90. The van der Waals surface area contributed by atoms with E-state index in [1.807, 2.05) is 0 Å². The van der Waals surface area contributed by atoms with Crippen LogP contribution >= 0.6 is 11.3 Å². The predicted octanol–water partition coefficient (Wildman–Crippen LogP) is 2.21. The molecule has 13 heavy (non-hydrogen) atoms. The number of alkyl halides is 3. The second-order valence-electron chi connectivity index (χ2n) is 2.43. The second-order valence-corrected chi connectivity index (χ2v) is 3.41. The number of Topliss-reactive ketones (excluding diaryl/α,β-unsaturated/α-hetero) is 1. The van der Waals surface area contributed by atoms with E-state index in [-0.39, 0.29) is 6.42 Å². The summed E-state index contributed by atoms with van der Waals surface area (Å²) in [6.45, 7) is 0. The quantitative estimate of drug-likeness (QED) is 0.763.